The molecule has 1 saturated carbocycles. The van der Waals surface area contributed by atoms with Gasteiger partial charge < -0.3 is 4.74 Å². The number of Topliss-reactive ketones (excluding diaryl/α,β-unsaturated/α-hetero) is 1. The highest BCUT2D eigenvalue weighted by Crippen LogP contribution is 2.53. The standard InChI is InChI=1S/C18H20O3/c1-17(2)9-11(19)10-18(3)14-7-12(21-4)5-6-13(14)15(20)8-16(17)18/h5-8H,9-10H2,1-4H3. The Kier molecular flexibility index (Phi) is 2.88. The Morgan fingerprint density at radius 3 is 2.48 bits per heavy atom. The van der Waals surface area contributed by atoms with Crippen LogP contribution in [0, 0.1) is 5.41 Å². The van der Waals surface area contributed by atoms with Crippen molar-refractivity contribution in [2.75, 3.05) is 7.11 Å². The lowest BCUT2D eigenvalue weighted by molar-refractivity contribution is -0.123. The lowest BCUT2D eigenvalue weighted by Crippen LogP contribution is -2.44. The number of fused-ring (bicyclic) bond motifs is 3. The van der Waals surface area contributed by atoms with E-state index in [-0.39, 0.29) is 17.0 Å². The third-order valence-corrected chi connectivity index (χ3v) is 4.88. The van der Waals surface area contributed by atoms with E-state index < -0.39 is 5.41 Å². The summed E-state index contributed by atoms with van der Waals surface area (Å²) >= 11 is 0. The predicted molar refractivity (Wildman–Crippen MR) is 80.8 cm³/mol. The van der Waals surface area contributed by atoms with Crippen molar-refractivity contribution in [2.24, 2.45) is 5.41 Å². The summed E-state index contributed by atoms with van der Waals surface area (Å²) in [6, 6.07) is 5.52. The molecule has 1 aromatic rings. The Morgan fingerprint density at radius 2 is 1.81 bits per heavy atom. The fraction of sp³-hybridized carbons (Fsp3) is 0.444. The summed E-state index contributed by atoms with van der Waals surface area (Å²) in [5.41, 5.74) is 2.00. The van der Waals surface area contributed by atoms with E-state index in [1.54, 1.807) is 25.3 Å². The largest absolute Gasteiger partial charge is 0.497 e. The molecule has 110 valence electrons. The van der Waals surface area contributed by atoms with Crippen molar-refractivity contribution >= 4 is 11.6 Å². The minimum absolute atomic E-state index is 0.0301. The first kappa shape index (κ1) is 14.1. The minimum atomic E-state index is -0.406. The average molecular weight is 284 g/mol. The topological polar surface area (TPSA) is 43.4 Å². The molecular weight excluding hydrogens is 264 g/mol. The van der Waals surface area contributed by atoms with E-state index in [1.807, 2.05) is 19.9 Å². The van der Waals surface area contributed by atoms with Gasteiger partial charge in [-0.25, -0.2) is 0 Å². The SMILES string of the molecule is COc1ccc2c(c1)C1(C)CC(=O)CC(C)(C)C1=CC2=O. The molecule has 0 aliphatic heterocycles. The summed E-state index contributed by atoms with van der Waals surface area (Å²) in [5, 5.41) is 0. The van der Waals surface area contributed by atoms with Gasteiger partial charge in [0.1, 0.15) is 11.5 Å². The summed E-state index contributed by atoms with van der Waals surface area (Å²) in [5.74, 6) is 1.00. The maximum absolute atomic E-state index is 12.4. The second-order valence-corrected chi connectivity index (χ2v) is 6.94. The monoisotopic (exact) mass is 284 g/mol. The molecule has 0 spiro atoms. The molecule has 2 aliphatic rings. The quantitative estimate of drug-likeness (QED) is 0.793. The molecule has 2 aliphatic carbocycles. The van der Waals surface area contributed by atoms with Gasteiger partial charge in [-0.3, -0.25) is 9.59 Å². The van der Waals surface area contributed by atoms with E-state index in [9.17, 15) is 9.59 Å². The summed E-state index contributed by atoms with van der Waals surface area (Å²) in [4.78, 5) is 24.7. The van der Waals surface area contributed by atoms with Gasteiger partial charge in [-0.15, -0.1) is 0 Å². The van der Waals surface area contributed by atoms with Gasteiger partial charge in [0.15, 0.2) is 5.78 Å². The molecule has 3 nitrogen and oxygen atoms in total. The van der Waals surface area contributed by atoms with Crippen LogP contribution in [0.1, 0.15) is 49.5 Å². The number of carbonyl (C=O) groups is 2. The van der Waals surface area contributed by atoms with E-state index >= 15 is 0 Å². The maximum atomic E-state index is 12.4. The van der Waals surface area contributed by atoms with Crippen LogP contribution in [0.3, 0.4) is 0 Å². The van der Waals surface area contributed by atoms with Gasteiger partial charge in [-0.2, -0.15) is 0 Å². The van der Waals surface area contributed by atoms with E-state index in [4.69, 9.17) is 4.74 Å². The van der Waals surface area contributed by atoms with Crippen LogP contribution < -0.4 is 4.74 Å². The summed E-state index contributed by atoms with van der Waals surface area (Å²) < 4.78 is 5.30. The predicted octanol–water partition coefficient (Wildman–Crippen LogP) is 3.46. The first-order valence-corrected chi connectivity index (χ1v) is 7.25. The van der Waals surface area contributed by atoms with Gasteiger partial charge in [-0.1, -0.05) is 20.8 Å². The van der Waals surface area contributed by atoms with Gasteiger partial charge in [-0.05, 0) is 40.8 Å². The zero-order valence-corrected chi connectivity index (χ0v) is 12.9. The van der Waals surface area contributed by atoms with Crippen LogP contribution in [0.4, 0.5) is 0 Å². The highest BCUT2D eigenvalue weighted by atomic mass is 16.5. The van der Waals surface area contributed by atoms with Crippen LogP contribution in [-0.4, -0.2) is 18.7 Å². The summed E-state index contributed by atoms with van der Waals surface area (Å²) in [7, 11) is 1.61. The van der Waals surface area contributed by atoms with Gasteiger partial charge in [0, 0.05) is 23.8 Å². The van der Waals surface area contributed by atoms with Crippen LogP contribution in [0.5, 0.6) is 5.75 Å². The van der Waals surface area contributed by atoms with Crippen molar-refractivity contribution in [3.05, 3.63) is 41.0 Å². The molecular formula is C18H20O3. The third kappa shape index (κ3) is 1.95. The molecule has 1 unspecified atom stereocenters. The van der Waals surface area contributed by atoms with Crippen molar-refractivity contribution in [2.45, 2.75) is 39.0 Å². The second-order valence-electron chi connectivity index (χ2n) is 6.94. The van der Waals surface area contributed by atoms with Crippen LogP contribution in [0.2, 0.25) is 0 Å². The van der Waals surface area contributed by atoms with Crippen LogP contribution in [-0.2, 0) is 10.2 Å². The summed E-state index contributed by atoms with van der Waals surface area (Å²) in [6.07, 6.45) is 2.71. The number of ketones is 2. The van der Waals surface area contributed by atoms with Gasteiger partial charge in [0.25, 0.3) is 0 Å². The number of methoxy groups -OCH3 is 1. The zero-order chi connectivity index (χ0) is 15.4. The van der Waals surface area contributed by atoms with E-state index in [0.29, 0.717) is 18.4 Å². The molecule has 1 fully saturated rings. The summed E-state index contributed by atoms with van der Waals surface area (Å²) in [6.45, 7) is 6.17. The number of rotatable bonds is 1. The number of hydrogen-bond donors (Lipinski definition) is 0. The highest BCUT2D eigenvalue weighted by molar-refractivity contribution is 6.09. The maximum Gasteiger partial charge on any atom is 0.186 e. The van der Waals surface area contributed by atoms with Crippen molar-refractivity contribution in [1.82, 2.24) is 0 Å². The van der Waals surface area contributed by atoms with E-state index in [2.05, 4.69) is 6.92 Å². The molecule has 0 aromatic heterocycles. The molecule has 21 heavy (non-hydrogen) atoms. The fourth-order valence-electron chi connectivity index (χ4n) is 4.01. The van der Waals surface area contributed by atoms with Crippen molar-refractivity contribution in [3.8, 4) is 5.75 Å². The number of benzene rings is 1. The normalized spacial score (nSPS) is 26.8. The van der Waals surface area contributed by atoms with E-state index in [0.717, 1.165) is 16.9 Å². The lowest BCUT2D eigenvalue weighted by atomic mass is 9.55. The fourth-order valence-corrected chi connectivity index (χ4v) is 4.01. The molecule has 1 aromatic carbocycles. The number of hydrogen-bond acceptors (Lipinski definition) is 3. The van der Waals surface area contributed by atoms with Crippen molar-refractivity contribution < 1.29 is 14.3 Å². The van der Waals surface area contributed by atoms with Crippen molar-refractivity contribution in [1.29, 1.82) is 0 Å². The zero-order valence-electron chi connectivity index (χ0n) is 12.9. The first-order chi connectivity index (χ1) is 9.78. The Labute approximate surface area is 125 Å². The Bertz CT molecular complexity index is 682. The highest BCUT2D eigenvalue weighted by Gasteiger charge is 2.49. The Morgan fingerprint density at radius 1 is 1.10 bits per heavy atom. The van der Waals surface area contributed by atoms with Gasteiger partial charge in [0.2, 0.25) is 0 Å². The van der Waals surface area contributed by atoms with E-state index in [1.165, 1.54) is 0 Å². The molecule has 0 saturated heterocycles. The second kappa shape index (κ2) is 4.30. The van der Waals surface area contributed by atoms with Gasteiger partial charge in [0.05, 0.1) is 7.11 Å². The number of carbonyl (C=O) groups excluding carboxylic acids is 2. The molecule has 0 N–H and O–H groups in total. The molecule has 1 atom stereocenters. The number of ether oxygens (including phenoxy) is 1. The molecule has 3 heteroatoms. The number of allylic oxidation sites excluding steroid dienone is 2. The third-order valence-electron chi connectivity index (χ3n) is 4.88. The lowest BCUT2D eigenvalue weighted by Gasteiger charge is -2.47. The average Bonchev–Trinajstić information content (AvgIpc) is 2.40. The van der Waals surface area contributed by atoms with Crippen LogP contribution in [0.15, 0.2) is 29.8 Å². The first-order valence-electron chi connectivity index (χ1n) is 7.25. The molecule has 0 amide bonds. The van der Waals surface area contributed by atoms with Crippen molar-refractivity contribution in [3.63, 3.8) is 0 Å². The molecule has 0 bridgehead atoms. The smallest absolute Gasteiger partial charge is 0.186 e. The molecule has 3 rings (SSSR count). The van der Waals surface area contributed by atoms with Gasteiger partial charge >= 0.3 is 0 Å². The molecule has 0 heterocycles. The Hall–Kier alpha value is -1.90. The minimum Gasteiger partial charge on any atom is -0.497 e. The van der Waals surface area contributed by atoms with Crippen LogP contribution >= 0.6 is 0 Å². The van der Waals surface area contributed by atoms with Crippen LogP contribution in [0.25, 0.3) is 0 Å². The Balaban J connectivity index is 2.27. The molecule has 0 radical (unpaired) electrons.